The van der Waals surface area contributed by atoms with E-state index in [-0.39, 0.29) is 5.75 Å². The number of phenolic OH excluding ortho intramolecular Hbond substituents is 1. The molecule has 0 radical (unpaired) electrons. The lowest BCUT2D eigenvalue weighted by Gasteiger charge is -2.02. The second-order valence-corrected chi connectivity index (χ2v) is 2.43. The van der Waals surface area contributed by atoms with E-state index in [1.54, 1.807) is 18.2 Å². The molecule has 1 aromatic rings. The van der Waals surface area contributed by atoms with Crippen LogP contribution in [0.25, 0.3) is 6.08 Å². The van der Waals surface area contributed by atoms with Gasteiger partial charge in [-0.1, -0.05) is 12.1 Å². The number of carbonyl (C=O) groups excluding carboxylic acids is 1. The van der Waals surface area contributed by atoms with E-state index in [1.807, 2.05) is 0 Å². The van der Waals surface area contributed by atoms with Crippen molar-refractivity contribution in [1.29, 1.82) is 0 Å². The van der Waals surface area contributed by atoms with Gasteiger partial charge in [-0.3, -0.25) is 4.79 Å². The highest BCUT2D eigenvalue weighted by atomic mass is 16.5. The maximum Gasteiger partial charge on any atom is 0.160 e. The van der Waals surface area contributed by atoms with Crippen molar-refractivity contribution >= 4 is 12.4 Å². The first-order valence-electron chi connectivity index (χ1n) is 3.77. The second-order valence-electron chi connectivity index (χ2n) is 2.43. The van der Waals surface area contributed by atoms with Gasteiger partial charge in [0.05, 0.1) is 7.11 Å². The molecule has 0 heterocycles. The summed E-state index contributed by atoms with van der Waals surface area (Å²) in [6.07, 6.45) is 3.65. The van der Waals surface area contributed by atoms with E-state index in [2.05, 4.69) is 0 Å². The first-order valence-corrected chi connectivity index (χ1v) is 3.77. The van der Waals surface area contributed by atoms with Crippen LogP contribution in [-0.2, 0) is 4.79 Å². The molecule has 3 nitrogen and oxygen atoms in total. The number of methoxy groups -OCH3 is 1. The van der Waals surface area contributed by atoms with Crippen molar-refractivity contribution in [1.82, 2.24) is 0 Å². The molecular weight excluding hydrogens is 168 g/mol. The van der Waals surface area contributed by atoms with Crippen LogP contribution < -0.4 is 4.74 Å². The van der Waals surface area contributed by atoms with Gasteiger partial charge in [0.2, 0.25) is 0 Å². The van der Waals surface area contributed by atoms with Crippen LogP contribution in [0.3, 0.4) is 0 Å². The van der Waals surface area contributed by atoms with E-state index in [0.717, 1.165) is 5.56 Å². The minimum absolute atomic E-state index is 0.0653. The maximum atomic E-state index is 10.0. The number of hydrogen-bond donors (Lipinski definition) is 1. The minimum Gasteiger partial charge on any atom is -0.504 e. The Bertz CT molecular complexity index is 329. The summed E-state index contributed by atoms with van der Waals surface area (Å²) in [4.78, 5) is 10.0. The number of phenols is 1. The highest BCUT2D eigenvalue weighted by Gasteiger charge is 1.99. The summed E-state index contributed by atoms with van der Waals surface area (Å²) in [5.74, 6) is 0.485. The molecule has 1 N–H and O–H groups in total. The zero-order valence-electron chi connectivity index (χ0n) is 7.23. The average molecular weight is 178 g/mol. The summed E-state index contributed by atoms with van der Waals surface area (Å²) in [7, 11) is 1.48. The van der Waals surface area contributed by atoms with Crippen molar-refractivity contribution in [3.8, 4) is 11.5 Å². The maximum absolute atomic E-state index is 10.0. The molecule has 13 heavy (non-hydrogen) atoms. The molecule has 0 unspecified atom stereocenters. The normalized spacial score (nSPS) is 10.2. The van der Waals surface area contributed by atoms with Gasteiger partial charge in [-0.2, -0.15) is 0 Å². The monoisotopic (exact) mass is 178 g/mol. The van der Waals surface area contributed by atoms with Gasteiger partial charge in [0.1, 0.15) is 6.29 Å². The van der Waals surface area contributed by atoms with Crippen molar-refractivity contribution in [2.24, 2.45) is 0 Å². The Hall–Kier alpha value is -1.77. The molecule has 0 spiro atoms. The zero-order chi connectivity index (χ0) is 9.68. The third-order valence-electron chi connectivity index (χ3n) is 1.57. The van der Waals surface area contributed by atoms with Crippen LogP contribution in [0.4, 0.5) is 0 Å². The Labute approximate surface area is 76.3 Å². The summed E-state index contributed by atoms with van der Waals surface area (Å²) in [6.45, 7) is 0. The number of allylic oxidation sites excluding steroid dienone is 1. The van der Waals surface area contributed by atoms with Crippen LogP contribution in [0.2, 0.25) is 0 Å². The zero-order valence-corrected chi connectivity index (χ0v) is 7.23. The van der Waals surface area contributed by atoms with Crippen molar-refractivity contribution in [3.63, 3.8) is 0 Å². The number of rotatable bonds is 3. The van der Waals surface area contributed by atoms with Gasteiger partial charge in [-0.05, 0) is 23.8 Å². The molecule has 0 aliphatic carbocycles. The molecule has 0 saturated carbocycles. The summed E-state index contributed by atoms with van der Waals surface area (Å²) in [6, 6.07) is 4.91. The molecule has 0 saturated heterocycles. The van der Waals surface area contributed by atoms with Crippen molar-refractivity contribution in [2.75, 3.05) is 7.11 Å². The van der Waals surface area contributed by atoms with E-state index in [9.17, 15) is 9.90 Å². The molecule has 1 rings (SSSR count). The van der Waals surface area contributed by atoms with E-state index < -0.39 is 0 Å². The van der Waals surface area contributed by atoms with E-state index in [1.165, 1.54) is 19.3 Å². The van der Waals surface area contributed by atoms with Gasteiger partial charge >= 0.3 is 0 Å². The quantitative estimate of drug-likeness (QED) is 0.565. The largest absolute Gasteiger partial charge is 0.504 e. The Morgan fingerprint density at radius 2 is 2.23 bits per heavy atom. The van der Waals surface area contributed by atoms with Crippen LogP contribution in [0.5, 0.6) is 11.5 Å². The van der Waals surface area contributed by atoms with E-state index in [4.69, 9.17) is 4.74 Å². The van der Waals surface area contributed by atoms with Crippen LogP contribution >= 0.6 is 0 Å². The molecule has 0 amide bonds. The number of hydrogen-bond acceptors (Lipinski definition) is 3. The predicted molar refractivity (Wildman–Crippen MR) is 49.8 cm³/mol. The Morgan fingerprint density at radius 1 is 1.46 bits per heavy atom. The third kappa shape index (κ3) is 2.33. The van der Waals surface area contributed by atoms with Crippen LogP contribution in [0, 0.1) is 0 Å². The first-order chi connectivity index (χ1) is 6.27. The first kappa shape index (κ1) is 9.32. The number of aldehydes is 1. The lowest BCUT2D eigenvalue weighted by Crippen LogP contribution is -1.83. The van der Waals surface area contributed by atoms with Crippen LogP contribution in [0.1, 0.15) is 5.56 Å². The third-order valence-corrected chi connectivity index (χ3v) is 1.57. The Kier molecular flexibility index (Phi) is 3.09. The predicted octanol–water partition coefficient (Wildman–Crippen LogP) is 1.61. The molecule has 1 aromatic carbocycles. The summed E-state index contributed by atoms with van der Waals surface area (Å²) in [5, 5.41) is 9.34. The van der Waals surface area contributed by atoms with E-state index >= 15 is 0 Å². The molecule has 0 aliphatic heterocycles. The summed E-state index contributed by atoms with van der Waals surface area (Å²) < 4.78 is 4.86. The fourth-order valence-corrected chi connectivity index (χ4v) is 0.961. The second kappa shape index (κ2) is 4.30. The number of benzene rings is 1. The highest BCUT2D eigenvalue weighted by Crippen LogP contribution is 2.26. The standard InChI is InChI=1S/C10H10O3/c1-13-10-5-4-8(3-2-6-11)7-9(10)12/h2-7,12H,1H3/b3-2+. The lowest BCUT2D eigenvalue weighted by molar-refractivity contribution is -0.104. The molecule has 68 valence electrons. The summed E-state index contributed by atoms with van der Waals surface area (Å²) in [5.41, 5.74) is 0.755. The molecular formula is C10H10O3. The minimum atomic E-state index is 0.0653. The lowest BCUT2D eigenvalue weighted by atomic mass is 10.2. The van der Waals surface area contributed by atoms with Crippen LogP contribution in [-0.4, -0.2) is 18.5 Å². The topological polar surface area (TPSA) is 46.5 Å². The van der Waals surface area contributed by atoms with Gasteiger partial charge in [0.15, 0.2) is 11.5 Å². The molecule has 0 aromatic heterocycles. The molecule has 3 heteroatoms. The van der Waals surface area contributed by atoms with Gasteiger partial charge in [-0.25, -0.2) is 0 Å². The fourth-order valence-electron chi connectivity index (χ4n) is 0.961. The SMILES string of the molecule is COc1ccc(/C=C/C=O)cc1O. The molecule has 0 atom stereocenters. The Balaban J connectivity index is 2.95. The van der Waals surface area contributed by atoms with Crippen molar-refractivity contribution in [2.45, 2.75) is 0 Å². The van der Waals surface area contributed by atoms with E-state index in [0.29, 0.717) is 12.0 Å². The molecule has 0 bridgehead atoms. The van der Waals surface area contributed by atoms with Crippen molar-refractivity contribution in [3.05, 3.63) is 29.8 Å². The Morgan fingerprint density at radius 3 is 2.77 bits per heavy atom. The van der Waals surface area contributed by atoms with Gasteiger partial charge in [0, 0.05) is 0 Å². The van der Waals surface area contributed by atoms with Gasteiger partial charge < -0.3 is 9.84 Å². The summed E-state index contributed by atoms with van der Waals surface area (Å²) >= 11 is 0. The smallest absolute Gasteiger partial charge is 0.160 e. The van der Waals surface area contributed by atoms with Crippen molar-refractivity contribution < 1.29 is 14.6 Å². The average Bonchev–Trinajstić information content (AvgIpc) is 2.15. The van der Waals surface area contributed by atoms with Gasteiger partial charge in [0.25, 0.3) is 0 Å². The number of ether oxygens (including phenoxy) is 1. The number of carbonyl (C=O) groups is 1. The number of aromatic hydroxyl groups is 1. The molecule has 0 aliphatic rings. The molecule has 0 fully saturated rings. The van der Waals surface area contributed by atoms with Gasteiger partial charge in [-0.15, -0.1) is 0 Å². The highest BCUT2D eigenvalue weighted by molar-refractivity contribution is 5.74. The fraction of sp³-hybridized carbons (Fsp3) is 0.100. The van der Waals surface area contributed by atoms with Crippen LogP contribution in [0.15, 0.2) is 24.3 Å².